The van der Waals surface area contributed by atoms with Crippen molar-refractivity contribution in [3.05, 3.63) is 65.2 Å². The molecule has 0 aromatic heterocycles. The van der Waals surface area contributed by atoms with Crippen LogP contribution in [-0.2, 0) is 4.74 Å². The monoisotopic (exact) mass is 360 g/mol. The van der Waals surface area contributed by atoms with Crippen LogP contribution in [0.1, 0.15) is 20.7 Å². The molecule has 3 rings (SSSR count). The average molecular weight is 360 g/mol. The van der Waals surface area contributed by atoms with Crippen molar-refractivity contribution in [3.8, 4) is 0 Å². The highest BCUT2D eigenvalue weighted by Crippen LogP contribution is 2.17. The van der Waals surface area contributed by atoms with Crippen LogP contribution in [-0.4, -0.2) is 44.5 Å². The van der Waals surface area contributed by atoms with E-state index in [1.807, 2.05) is 12.1 Å². The van der Waals surface area contributed by atoms with E-state index in [1.54, 1.807) is 12.1 Å². The second kappa shape index (κ2) is 8.05. The third-order valence-electron chi connectivity index (χ3n) is 4.15. The maximum atomic E-state index is 13.6. The summed E-state index contributed by atoms with van der Waals surface area (Å²) in [6.07, 6.45) is 0. The van der Waals surface area contributed by atoms with E-state index in [4.69, 9.17) is 4.74 Å². The van der Waals surface area contributed by atoms with E-state index in [1.165, 1.54) is 0 Å². The smallest absolute Gasteiger partial charge is 0.254 e. The third-order valence-corrected chi connectivity index (χ3v) is 4.15. The van der Waals surface area contributed by atoms with Gasteiger partial charge in [0, 0.05) is 30.4 Å². The van der Waals surface area contributed by atoms with Gasteiger partial charge in [0.05, 0.1) is 25.3 Å². The second-order valence-corrected chi connectivity index (χ2v) is 5.88. The summed E-state index contributed by atoms with van der Waals surface area (Å²) in [6.45, 7) is 2.67. The number of carbonyl (C=O) groups excluding carboxylic acids is 2. The normalized spacial score (nSPS) is 14.2. The highest BCUT2D eigenvalue weighted by atomic mass is 19.1. The third kappa shape index (κ3) is 4.23. The summed E-state index contributed by atoms with van der Waals surface area (Å²) in [5.74, 6) is -2.80. The first-order valence-electron chi connectivity index (χ1n) is 8.24. The number of carbonyl (C=O) groups is 2. The first-order valence-corrected chi connectivity index (χ1v) is 8.24. The van der Waals surface area contributed by atoms with Crippen LogP contribution >= 0.6 is 0 Å². The number of morpholine rings is 1. The number of ether oxygens (including phenoxy) is 1. The number of rotatable bonds is 5. The first-order chi connectivity index (χ1) is 12.5. The van der Waals surface area contributed by atoms with Gasteiger partial charge < -0.3 is 15.0 Å². The molecule has 26 heavy (non-hydrogen) atoms. The Bertz CT molecular complexity index is 803. The van der Waals surface area contributed by atoms with E-state index >= 15 is 0 Å². The molecule has 1 N–H and O–H groups in total. The van der Waals surface area contributed by atoms with E-state index in [9.17, 15) is 18.4 Å². The van der Waals surface area contributed by atoms with Crippen molar-refractivity contribution in [1.29, 1.82) is 0 Å². The Morgan fingerprint density at radius 1 is 1.04 bits per heavy atom. The molecule has 136 valence electrons. The zero-order chi connectivity index (χ0) is 18.5. The van der Waals surface area contributed by atoms with Gasteiger partial charge in [-0.1, -0.05) is 0 Å². The van der Waals surface area contributed by atoms with Crippen molar-refractivity contribution in [2.24, 2.45) is 0 Å². The van der Waals surface area contributed by atoms with Crippen molar-refractivity contribution < 1.29 is 23.1 Å². The Labute approximate surface area is 149 Å². The lowest BCUT2D eigenvalue weighted by Crippen LogP contribution is -2.36. The number of benzene rings is 2. The van der Waals surface area contributed by atoms with Crippen molar-refractivity contribution in [1.82, 2.24) is 5.32 Å². The number of nitrogens with one attached hydrogen (secondary N) is 1. The van der Waals surface area contributed by atoms with Gasteiger partial charge in [-0.2, -0.15) is 0 Å². The van der Waals surface area contributed by atoms with Crippen molar-refractivity contribution >= 4 is 17.4 Å². The lowest BCUT2D eigenvalue weighted by molar-refractivity contribution is 0.0901. The van der Waals surface area contributed by atoms with Crippen LogP contribution in [0.15, 0.2) is 42.5 Å². The zero-order valence-electron chi connectivity index (χ0n) is 14.0. The van der Waals surface area contributed by atoms with Crippen LogP contribution in [0.2, 0.25) is 0 Å². The number of Topliss-reactive ketones (excluding diaryl/α,β-unsaturated/α-hetero) is 1. The van der Waals surface area contributed by atoms with Crippen LogP contribution in [0.3, 0.4) is 0 Å². The average Bonchev–Trinajstić information content (AvgIpc) is 2.66. The van der Waals surface area contributed by atoms with Gasteiger partial charge in [0.25, 0.3) is 5.91 Å². The fourth-order valence-electron chi connectivity index (χ4n) is 2.71. The quantitative estimate of drug-likeness (QED) is 0.832. The maximum Gasteiger partial charge on any atom is 0.254 e. The molecule has 1 heterocycles. The second-order valence-electron chi connectivity index (χ2n) is 5.88. The Morgan fingerprint density at radius 2 is 1.73 bits per heavy atom. The molecule has 1 amide bonds. The summed E-state index contributed by atoms with van der Waals surface area (Å²) in [7, 11) is 0. The fraction of sp³-hybridized carbons (Fsp3) is 0.263. The molecule has 0 aliphatic carbocycles. The Kier molecular flexibility index (Phi) is 5.58. The van der Waals surface area contributed by atoms with E-state index in [-0.39, 0.29) is 17.9 Å². The number of hydrogen-bond donors (Lipinski definition) is 1. The molecule has 0 unspecified atom stereocenters. The van der Waals surface area contributed by atoms with E-state index < -0.39 is 17.5 Å². The molecule has 1 aliphatic heterocycles. The van der Waals surface area contributed by atoms with Crippen LogP contribution in [0.5, 0.6) is 0 Å². The molecule has 5 nitrogen and oxygen atoms in total. The summed E-state index contributed by atoms with van der Waals surface area (Å²) in [5.41, 5.74) is 1.14. The van der Waals surface area contributed by atoms with Gasteiger partial charge in [0.15, 0.2) is 5.78 Å². The first kappa shape index (κ1) is 18.0. The Balaban J connectivity index is 1.58. The van der Waals surface area contributed by atoms with Gasteiger partial charge in [-0.15, -0.1) is 0 Å². The molecule has 2 aromatic carbocycles. The van der Waals surface area contributed by atoms with Crippen LogP contribution in [0.25, 0.3) is 0 Å². The minimum atomic E-state index is -0.968. The zero-order valence-corrected chi connectivity index (χ0v) is 14.0. The molecule has 0 saturated carbocycles. The highest BCUT2D eigenvalue weighted by molar-refractivity contribution is 6.02. The number of hydrogen-bond acceptors (Lipinski definition) is 4. The van der Waals surface area contributed by atoms with Gasteiger partial charge in [-0.3, -0.25) is 9.59 Å². The fourth-order valence-corrected chi connectivity index (χ4v) is 2.71. The van der Waals surface area contributed by atoms with Crippen LogP contribution in [0.4, 0.5) is 14.5 Å². The SMILES string of the molecule is O=C(CNC(=O)c1ccc(F)cc1F)c1ccc(N2CCOCC2)cc1. The number of halogens is 2. The predicted octanol–water partition coefficient (Wildman–Crippen LogP) is 2.41. The molecule has 0 atom stereocenters. The Morgan fingerprint density at radius 3 is 2.38 bits per heavy atom. The molecular formula is C19H18F2N2O3. The topological polar surface area (TPSA) is 58.6 Å². The molecule has 1 saturated heterocycles. The summed E-state index contributed by atoms with van der Waals surface area (Å²) >= 11 is 0. The number of anilines is 1. The lowest BCUT2D eigenvalue weighted by Gasteiger charge is -2.28. The van der Waals surface area contributed by atoms with E-state index in [2.05, 4.69) is 10.2 Å². The van der Waals surface area contributed by atoms with Crippen molar-refractivity contribution in [3.63, 3.8) is 0 Å². The number of ketones is 1. The number of amides is 1. The molecule has 7 heteroatoms. The summed E-state index contributed by atoms with van der Waals surface area (Å²) in [6, 6.07) is 9.74. The molecular weight excluding hydrogens is 342 g/mol. The predicted molar refractivity (Wildman–Crippen MR) is 92.5 cm³/mol. The summed E-state index contributed by atoms with van der Waals surface area (Å²) < 4.78 is 31.8. The van der Waals surface area contributed by atoms with Crippen molar-refractivity contribution in [2.45, 2.75) is 0 Å². The molecule has 0 spiro atoms. The van der Waals surface area contributed by atoms with Gasteiger partial charge in [0.2, 0.25) is 0 Å². The summed E-state index contributed by atoms with van der Waals surface area (Å²) in [5, 5.41) is 2.36. The van der Waals surface area contributed by atoms with E-state index in [0.29, 0.717) is 24.8 Å². The van der Waals surface area contributed by atoms with Gasteiger partial charge in [-0.05, 0) is 36.4 Å². The van der Waals surface area contributed by atoms with Gasteiger partial charge in [0.1, 0.15) is 11.6 Å². The van der Waals surface area contributed by atoms with Crippen molar-refractivity contribution in [2.75, 3.05) is 37.7 Å². The molecule has 2 aromatic rings. The highest BCUT2D eigenvalue weighted by Gasteiger charge is 2.15. The summed E-state index contributed by atoms with van der Waals surface area (Å²) in [4.78, 5) is 26.3. The van der Waals surface area contributed by atoms with E-state index in [0.717, 1.165) is 30.9 Å². The maximum absolute atomic E-state index is 13.6. The molecule has 0 radical (unpaired) electrons. The molecule has 1 aliphatic rings. The van der Waals surface area contributed by atoms with Gasteiger partial charge >= 0.3 is 0 Å². The minimum Gasteiger partial charge on any atom is -0.378 e. The molecule has 0 bridgehead atoms. The standard InChI is InChI=1S/C19H18F2N2O3/c20-14-3-6-16(17(21)11-14)19(25)22-12-18(24)13-1-4-15(5-2-13)23-7-9-26-10-8-23/h1-6,11H,7-10,12H2,(H,22,25). The van der Waals surface area contributed by atoms with Crippen LogP contribution < -0.4 is 10.2 Å². The van der Waals surface area contributed by atoms with Gasteiger partial charge in [-0.25, -0.2) is 8.78 Å². The largest absolute Gasteiger partial charge is 0.378 e. The lowest BCUT2D eigenvalue weighted by atomic mass is 10.1. The molecule has 1 fully saturated rings. The minimum absolute atomic E-state index is 0.271. The Hall–Kier alpha value is -2.80. The number of nitrogens with zero attached hydrogens (tertiary/aromatic N) is 1. The van der Waals surface area contributed by atoms with Crippen LogP contribution in [0, 0.1) is 11.6 Å².